The molecule has 6 heteroatoms. The predicted octanol–water partition coefficient (Wildman–Crippen LogP) is 3.97. The van der Waals surface area contributed by atoms with Crippen LogP contribution in [0.1, 0.15) is 71.6 Å². The summed E-state index contributed by atoms with van der Waals surface area (Å²) >= 11 is 0. The van der Waals surface area contributed by atoms with E-state index in [1.165, 1.54) is 57.8 Å². The molecule has 2 aliphatic heterocycles. The van der Waals surface area contributed by atoms with Gasteiger partial charge in [0.05, 0.1) is 37.6 Å². The van der Waals surface area contributed by atoms with Gasteiger partial charge in [-0.2, -0.15) is 0 Å². The molecule has 0 amide bonds. The summed E-state index contributed by atoms with van der Waals surface area (Å²) in [5.74, 6) is 1.87. The lowest BCUT2D eigenvalue weighted by Gasteiger charge is -2.41. The predicted molar refractivity (Wildman–Crippen MR) is 132 cm³/mol. The molecule has 0 spiro atoms. The minimum atomic E-state index is 0.277. The molecule has 33 heavy (non-hydrogen) atoms. The first-order chi connectivity index (χ1) is 16.0. The van der Waals surface area contributed by atoms with Gasteiger partial charge in [0.1, 0.15) is 0 Å². The number of hydrogen-bond acceptors (Lipinski definition) is 6. The van der Waals surface area contributed by atoms with Crippen molar-refractivity contribution in [2.45, 2.75) is 108 Å². The molecule has 0 bridgehead atoms. The summed E-state index contributed by atoms with van der Waals surface area (Å²) in [6, 6.07) is 1.44. The molecule has 4 atom stereocenters. The van der Waals surface area contributed by atoms with Gasteiger partial charge in [0.25, 0.3) is 0 Å². The van der Waals surface area contributed by atoms with Crippen molar-refractivity contribution in [3.63, 3.8) is 0 Å². The fourth-order valence-corrected chi connectivity index (χ4v) is 6.39. The number of nitrogens with zero attached hydrogens (tertiary/aromatic N) is 2. The molecule has 4 aliphatic rings. The van der Waals surface area contributed by atoms with Crippen molar-refractivity contribution in [3.05, 3.63) is 0 Å². The SMILES string of the molecule is COC(C)CN(CC(C)OC)C1CCC(CC2CCC(N(CC3CO3)CC3CO3)CC2)CC1. The zero-order chi connectivity index (χ0) is 23.2. The van der Waals surface area contributed by atoms with Crippen molar-refractivity contribution in [2.75, 3.05) is 53.6 Å². The Hall–Kier alpha value is -0.240. The maximum Gasteiger partial charge on any atom is 0.0936 e. The van der Waals surface area contributed by atoms with Crippen LogP contribution in [0.3, 0.4) is 0 Å². The van der Waals surface area contributed by atoms with Gasteiger partial charge in [0, 0.05) is 52.5 Å². The van der Waals surface area contributed by atoms with Crippen molar-refractivity contribution in [1.29, 1.82) is 0 Å². The summed E-state index contributed by atoms with van der Waals surface area (Å²) in [5.41, 5.74) is 0. The molecule has 0 aromatic carbocycles. The first kappa shape index (κ1) is 25.8. The highest BCUT2D eigenvalue weighted by molar-refractivity contribution is 4.89. The first-order valence-corrected chi connectivity index (χ1v) is 13.8. The van der Waals surface area contributed by atoms with Crippen molar-refractivity contribution < 1.29 is 18.9 Å². The van der Waals surface area contributed by atoms with Gasteiger partial charge in [-0.15, -0.1) is 0 Å². The summed E-state index contributed by atoms with van der Waals surface area (Å²) in [6.45, 7) is 10.6. The molecule has 6 nitrogen and oxygen atoms in total. The second-order valence-electron chi connectivity index (χ2n) is 11.5. The Morgan fingerprint density at radius 2 is 1.06 bits per heavy atom. The molecule has 0 radical (unpaired) electrons. The van der Waals surface area contributed by atoms with Gasteiger partial charge in [-0.3, -0.25) is 9.80 Å². The first-order valence-electron chi connectivity index (χ1n) is 13.8. The van der Waals surface area contributed by atoms with Crippen LogP contribution in [0, 0.1) is 11.8 Å². The molecular weight excluding hydrogens is 416 g/mol. The van der Waals surface area contributed by atoms with E-state index in [1.807, 2.05) is 14.2 Å². The van der Waals surface area contributed by atoms with E-state index in [9.17, 15) is 0 Å². The molecule has 0 aromatic rings. The zero-order valence-electron chi connectivity index (χ0n) is 21.8. The zero-order valence-corrected chi connectivity index (χ0v) is 21.8. The Morgan fingerprint density at radius 3 is 1.42 bits per heavy atom. The van der Waals surface area contributed by atoms with Crippen LogP contribution < -0.4 is 0 Å². The third-order valence-corrected chi connectivity index (χ3v) is 8.80. The van der Waals surface area contributed by atoms with Gasteiger partial charge in [-0.05, 0) is 83.5 Å². The molecule has 4 rings (SSSR count). The number of epoxide rings is 2. The lowest BCUT2D eigenvalue weighted by atomic mass is 9.75. The van der Waals surface area contributed by atoms with Crippen LogP contribution in [0.25, 0.3) is 0 Å². The maximum absolute atomic E-state index is 5.58. The average molecular weight is 467 g/mol. The minimum Gasteiger partial charge on any atom is -0.380 e. The van der Waals surface area contributed by atoms with Gasteiger partial charge in [0.15, 0.2) is 0 Å². The third-order valence-electron chi connectivity index (χ3n) is 8.80. The van der Waals surface area contributed by atoms with Crippen molar-refractivity contribution in [3.8, 4) is 0 Å². The molecule has 2 aliphatic carbocycles. The van der Waals surface area contributed by atoms with Crippen molar-refractivity contribution in [2.24, 2.45) is 11.8 Å². The van der Waals surface area contributed by atoms with E-state index in [1.54, 1.807) is 0 Å². The van der Waals surface area contributed by atoms with Gasteiger partial charge >= 0.3 is 0 Å². The standard InChI is InChI=1S/C27H50N2O4/c1-20(30-3)14-28(15-21(2)31-4)24-9-5-22(6-10-24)13-23-7-11-25(12-8-23)29(16-26-18-32-26)17-27-19-33-27/h20-27H,5-19H2,1-4H3. The number of hydrogen-bond donors (Lipinski definition) is 0. The van der Waals surface area contributed by atoms with Gasteiger partial charge < -0.3 is 18.9 Å². The lowest BCUT2D eigenvalue weighted by Crippen LogP contribution is -2.46. The van der Waals surface area contributed by atoms with Crippen LogP contribution >= 0.6 is 0 Å². The number of rotatable bonds is 14. The van der Waals surface area contributed by atoms with E-state index >= 15 is 0 Å². The highest BCUT2D eigenvalue weighted by Gasteiger charge is 2.36. The molecule has 4 unspecified atom stereocenters. The van der Waals surface area contributed by atoms with Crippen LogP contribution in [-0.4, -0.2) is 99.9 Å². The monoisotopic (exact) mass is 466 g/mol. The highest BCUT2D eigenvalue weighted by Crippen LogP contribution is 2.38. The number of methoxy groups -OCH3 is 2. The molecular formula is C27H50N2O4. The Labute approximate surface area is 202 Å². The highest BCUT2D eigenvalue weighted by atomic mass is 16.6. The van der Waals surface area contributed by atoms with E-state index in [-0.39, 0.29) is 12.2 Å². The van der Waals surface area contributed by atoms with E-state index < -0.39 is 0 Å². The van der Waals surface area contributed by atoms with E-state index in [0.29, 0.717) is 18.2 Å². The van der Waals surface area contributed by atoms with Crippen LogP contribution in [0.5, 0.6) is 0 Å². The minimum absolute atomic E-state index is 0.277. The Balaban J connectivity index is 1.18. The van der Waals surface area contributed by atoms with Crippen LogP contribution in [-0.2, 0) is 18.9 Å². The molecule has 2 saturated carbocycles. The third kappa shape index (κ3) is 8.43. The summed E-state index contributed by atoms with van der Waals surface area (Å²) in [4.78, 5) is 5.35. The summed E-state index contributed by atoms with van der Waals surface area (Å²) < 4.78 is 22.2. The average Bonchev–Trinajstić information content (AvgIpc) is 3.76. The fraction of sp³-hybridized carbons (Fsp3) is 1.00. The van der Waals surface area contributed by atoms with E-state index in [2.05, 4.69) is 23.6 Å². The van der Waals surface area contributed by atoms with Crippen molar-refractivity contribution >= 4 is 0 Å². The van der Waals surface area contributed by atoms with Crippen molar-refractivity contribution in [1.82, 2.24) is 9.80 Å². The lowest BCUT2D eigenvalue weighted by molar-refractivity contribution is 0.00910. The number of ether oxygens (including phenoxy) is 4. The second kappa shape index (κ2) is 12.6. The van der Waals surface area contributed by atoms with E-state index in [4.69, 9.17) is 18.9 Å². The maximum atomic E-state index is 5.58. The Kier molecular flexibility index (Phi) is 9.90. The summed E-state index contributed by atoms with van der Waals surface area (Å²) in [5, 5.41) is 0. The smallest absolute Gasteiger partial charge is 0.0936 e. The van der Waals surface area contributed by atoms with Crippen LogP contribution in [0.2, 0.25) is 0 Å². The van der Waals surface area contributed by atoms with Gasteiger partial charge in [0.2, 0.25) is 0 Å². The summed E-state index contributed by atoms with van der Waals surface area (Å²) in [6.07, 6.45) is 14.0. The van der Waals surface area contributed by atoms with Crippen LogP contribution in [0.4, 0.5) is 0 Å². The molecule has 0 N–H and O–H groups in total. The topological polar surface area (TPSA) is 50.0 Å². The molecule has 192 valence electrons. The van der Waals surface area contributed by atoms with Gasteiger partial charge in [-0.1, -0.05) is 0 Å². The van der Waals surface area contributed by atoms with Crippen LogP contribution in [0.15, 0.2) is 0 Å². The largest absolute Gasteiger partial charge is 0.380 e. The second-order valence-corrected chi connectivity index (χ2v) is 11.5. The molecule has 0 aromatic heterocycles. The Bertz CT molecular complexity index is 528. The molecule has 2 heterocycles. The normalized spacial score (nSPS) is 36.2. The van der Waals surface area contributed by atoms with Gasteiger partial charge in [-0.25, -0.2) is 0 Å². The Morgan fingerprint density at radius 1 is 0.667 bits per heavy atom. The summed E-state index contributed by atoms with van der Waals surface area (Å²) in [7, 11) is 3.65. The van der Waals surface area contributed by atoms with E-state index in [0.717, 1.165) is 57.3 Å². The fourth-order valence-electron chi connectivity index (χ4n) is 6.39. The molecule has 4 fully saturated rings. The molecule has 2 saturated heterocycles. The quantitative estimate of drug-likeness (QED) is 0.361.